The van der Waals surface area contributed by atoms with Crippen LogP contribution >= 0.6 is 0 Å². The van der Waals surface area contributed by atoms with E-state index in [1.165, 1.54) is 0 Å². The summed E-state index contributed by atoms with van der Waals surface area (Å²) in [6, 6.07) is 1.84. The smallest absolute Gasteiger partial charge is 0.226 e. The van der Waals surface area contributed by atoms with Crippen LogP contribution in [0.15, 0.2) is 12.3 Å². The van der Waals surface area contributed by atoms with Crippen molar-refractivity contribution >= 4 is 5.95 Å². The van der Waals surface area contributed by atoms with E-state index in [1.807, 2.05) is 37.8 Å². The maximum Gasteiger partial charge on any atom is 0.226 e. The van der Waals surface area contributed by atoms with E-state index in [1.54, 1.807) is 0 Å². The first-order valence-electron chi connectivity index (χ1n) is 6.80. The first-order chi connectivity index (χ1) is 9.60. The molecule has 0 atom stereocenters. The van der Waals surface area contributed by atoms with Gasteiger partial charge >= 0.3 is 0 Å². The molecule has 2 aromatic heterocycles. The third-order valence-corrected chi connectivity index (χ3v) is 3.06. The van der Waals surface area contributed by atoms with Crippen molar-refractivity contribution in [3.05, 3.63) is 29.2 Å². The second-order valence-corrected chi connectivity index (χ2v) is 4.75. The SMILES string of the molecule is CCCOc1cc(C)nc(NCc2cnn(C)c2C)n1. The molecule has 0 fully saturated rings. The van der Waals surface area contributed by atoms with Crippen LogP contribution in [0.4, 0.5) is 5.95 Å². The Morgan fingerprint density at radius 1 is 1.30 bits per heavy atom. The second-order valence-electron chi connectivity index (χ2n) is 4.75. The fraction of sp³-hybridized carbons (Fsp3) is 0.500. The zero-order chi connectivity index (χ0) is 14.5. The summed E-state index contributed by atoms with van der Waals surface area (Å²) in [5.74, 6) is 1.20. The molecule has 0 aromatic carbocycles. The number of nitrogens with zero attached hydrogens (tertiary/aromatic N) is 4. The molecule has 0 saturated heterocycles. The van der Waals surface area contributed by atoms with Crippen LogP contribution in [0.25, 0.3) is 0 Å². The molecule has 0 bridgehead atoms. The van der Waals surface area contributed by atoms with Crippen LogP contribution in [0.3, 0.4) is 0 Å². The molecule has 0 aliphatic heterocycles. The summed E-state index contributed by atoms with van der Waals surface area (Å²) < 4.78 is 7.40. The number of ether oxygens (including phenoxy) is 1. The number of hydrogen-bond acceptors (Lipinski definition) is 5. The Labute approximate surface area is 119 Å². The Morgan fingerprint density at radius 2 is 2.10 bits per heavy atom. The molecule has 2 rings (SSSR count). The molecular weight excluding hydrogens is 254 g/mol. The number of aryl methyl sites for hydroxylation is 2. The molecule has 0 radical (unpaired) electrons. The fourth-order valence-corrected chi connectivity index (χ4v) is 1.79. The van der Waals surface area contributed by atoms with Crippen molar-refractivity contribution in [3.63, 3.8) is 0 Å². The van der Waals surface area contributed by atoms with Gasteiger partial charge in [-0.1, -0.05) is 6.92 Å². The molecule has 6 heteroatoms. The van der Waals surface area contributed by atoms with Crippen molar-refractivity contribution in [1.29, 1.82) is 0 Å². The van der Waals surface area contributed by atoms with Crippen LogP contribution < -0.4 is 10.1 Å². The van der Waals surface area contributed by atoms with Gasteiger partial charge < -0.3 is 10.1 Å². The van der Waals surface area contributed by atoms with Gasteiger partial charge in [0.1, 0.15) is 0 Å². The van der Waals surface area contributed by atoms with Gasteiger partial charge in [0, 0.05) is 36.6 Å². The summed E-state index contributed by atoms with van der Waals surface area (Å²) in [4.78, 5) is 8.71. The lowest BCUT2D eigenvalue weighted by molar-refractivity contribution is 0.305. The van der Waals surface area contributed by atoms with E-state index in [4.69, 9.17) is 4.74 Å². The van der Waals surface area contributed by atoms with Gasteiger partial charge in [-0.2, -0.15) is 10.1 Å². The number of anilines is 1. The number of hydrogen-bond donors (Lipinski definition) is 1. The van der Waals surface area contributed by atoms with E-state index >= 15 is 0 Å². The molecule has 0 aliphatic carbocycles. The molecule has 2 aromatic rings. The Kier molecular flexibility index (Phi) is 4.55. The van der Waals surface area contributed by atoms with Crippen molar-refractivity contribution < 1.29 is 4.74 Å². The molecule has 20 heavy (non-hydrogen) atoms. The first-order valence-corrected chi connectivity index (χ1v) is 6.80. The zero-order valence-corrected chi connectivity index (χ0v) is 12.5. The van der Waals surface area contributed by atoms with E-state index < -0.39 is 0 Å². The van der Waals surface area contributed by atoms with Crippen molar-refractivity contribution in [2.45, 2.75) is 33.7 Å². The highest BCUT2D eigenvalue weighted by Gasteiger charge is 2.06. The average Bonchev–Trinajstić information content (AvgIpc) is 2.74. The van der Waals surface area contributed by atoms with E-state index in [-0.39, 0.29) is 0 Å². The Balaban J connectivity index is 2.05. The number of aromatic nitrogens is 4. The predicted octanol–water partition coefficient (Wildman–Crippen LogP) is 2.23. The molecule has 0 aliphatic rings. The molecule has 0 amide bonds. The van der Waals surface area contributed by atoms with Crippen LogP contribution in [-0.2, 0) is 13.6 Å². The van der Waals surface area contributed by atoms with Crippen molar-refractivity contribution in [2.75, 3.05) is 11.9 Å². The minimum Gasteiger partial charge on any atom is -0.478 e. The molecule has 2 heterocycles. The van der Waals surface area contributed by atoms with Gasteiger partial charge in [-0.05, 0) is 20.3 Å². The van der Waals surface area contributed by atoms with Gasteiger partial charge in [-0.15, -0.1) is 0 Å². The quantitative estimate of drug-likeness (QED) is 0.875. The van der Waals surface area contributed by atoms with Crippen LogP contribution in [0.2, 0.25) is 0 Å². The van der Waals surface area contributed by atoms with E-state index in [9.17, 15) is 0 Å². The van der Waals surface area contributed by atoms with Crippen LogP contribution in [0.5, 0.6) is 5.88 Å². The molecule has 0 spiro atoms. The Hall–Kier alpha value is -2.11. The van der Waals surface area contributed by atoms with Gasteiger partial charge in [-0.3, -0.25) is 4.68 Å². The Morgan fingerprint density at radius 3 is 2.75 bits per heavy atom. The van der Waals surface area contributed by atoms with Gasteiger partial charge in [0.05, 0.1) is 12.8 Å². The van der Waals surface area contributed by atoms with Crippen molar-refractivity contribution in [1.82, 2.24) is 19.7 Å². The average molecular weight is 275 g/mol. The first kappa shape index (κ1) is 14.3. The molecule has 6 nitrogen and oxygen atoms in total. The van der Waals surface area contributed by atoms with Crippen LogP contribution in [0.1, 0.15) is 30.3 Å². The lowest BCUT2D eigenvalue weighted by Gasteiger charge is -2.08. The van der Waals surface area contributed by atoms with Gasteiger partial charge in [0.15, 0.2) is 0 Å². The van der Waals surface area contributed by atoms with E-state index in [0.29, 0.717) is 25.0 Å². The fourth-order valence-electron chi connectivity index (χ4n) is 1.79. The third kappa shape index (κ3) is 3.46. The predicted molar refractivity (Wildman–Crippen MR) is 77.8 cm³/mol. The van der Waals surface area contributed by atoms with Gasteiger partial charge in [-0.25, -0.2) is 4.98 Å². The maximum atomic E-state index is 5.55. The molecule has 0 unspecified atom stereocenters. The van der Waals surface area contributed by atoms with Gasteiger partial charge in [0.25, 0.3) is 0 Å². The Bertz CT molecular complexity index is 579. The van der Waals surface area contributed by atoms with E-state index in [0.717, 1.165) is 23.4 Å². The topological polar surface area (TPSA) is 64.9 Å². The van der Waals surface area contributed by atoms with Crippen molar-refractivity contribution in [2.24, 2.45) is 7.05 Å². The summed E-state index contributed by atoms with van der Waals surface area (Å²) in [5, 5.41) is 7.43. The highest BCUT2D eigenvalue weighted by atomic mass is 16.5. The van der Waals surface area contributed by atoms with Gasteiger partial charge in [0.2, 0.25) is 11.8 Å². The standard InChI is InChI=1S/C14H21N5O/c1-5-6-20-13-7-10(2)17-14(18-13)15-8-12-9-16-19(4)11(12)3/h7,9H,5-6,8H2,1-4H3,(H,15,17,18). The largest absolute Gasteiger partial charge is 0.478 e. The summed E-state index contributed by atoms with van der Waals surface area (Å²) >= 11 is 0. The summed E-state index contributed by atoms with van der Waals surface area (Å²) in [5.41, 5.74) is 3.15. The summed E-state index contributed by atoms with van der Waals surface area (Å²) in [7, 11) is 1.93. The summed E-state index contributed by atoms with van der Waals surface area (Å²) in [6.07, 6.45) is 2.81. The van der Waals surface area contributed by atoms with Crippen LogP contribution in [-0.4, -0.2) is 26.4 Å². The van der Waals surface area contributed by atoms with Crippen molar-refractivity contribution in [3.8, 4) is 5.88 Å². The normalized spacial score (nSPS) is 10.6. The monoisotopic (exact) mass is 275 g/mol. The molecular formula is C14H21N5O. The maximum absolute atomic E-state index is 5.55. The lowest BCUT2D eigenvalue weighted by Crippen LogP contribution is -2.07. The molecule has 0 saturated carbocycles. The summed E-state index contributed by atoms with van der Waals surface area (Å²) in [6.45, 7) is 7.35. The zero-order valence-electron chi connectivity index (χ0n) is 12.5. The minimum atomic E-state index is 0.583. The highest BCUT2D eigenvalue weighted by Crippen LogP contribution is 2.14. The molecule has 1 N–H and O–H groups in total. The minimum absolute atomic E-state index is 0.583. The number of rotatable bonds is 6. The lowest BCUT2D eigenvalue weighted by atomic mass is 10.2. The van der Waals surface area contributed by atoms with Crippen LogP contribution in [0, 0.1) is 13.8 Å². The highest BCUT2D eigenvalue weighted by molar-refractivity contribution is 5.32. The molecule has 108 valence electrons. The number of nitrogens with one attached hydrogen (secondary N) is 1. The second kappa shape index (κ2) is 6.36. The van der Waals surface area contributed by atoms with E-state index in [2.05, 4.69) is 27.3 Å². The third-order valence-electron chi connectivity index (χ3n) is 3.06.